The summed E-state index contributed by atoms with van der Waals surface area (Å²) in [4.78, 5) is 12.3. The lowest BCUT2D eigenvalue weighted by Gasteiger charge is -2.14. The molecule has 0 spiro atoms. The number of aromatic nitrogens is 3. The van der Waals surface area contributed by atoms with Crippen molar-refractivity contribution in [2.75, 3.05) is 5.75 Å². The molecule has 1 N–H and O–H groups in total. The average molecular weight is 381 g/mol. The third kappa shape index (κ3) is 4.77. The highest BCUT2D eigenvalue weighted by molar-refractivity contribution is 7.99. The molecule has 27 heavy (non-hydrogen) atoms. The molecule has 3 aromatic rings. The average Bonchev–Trinajstić information content (AvgIpc) is 3.15. The van der Waals surface area contributed by atoms with Crippen LogP contribution in [-0.2, 0) is 4.79 Å². The minimum atomic E-state index is 0.0255. The molecule has 140 valence electrons. The van der Waals surface area contributed by atoms with Crippen molar-refractivity contribution in [2.24, 2.45) is 0 Å². The first-order valence-electron chi connectivity index (χ1n) is 9.21. The first-order chi connectivity index (χ1) is 13.2. The number of nitrogens with one attached hydrogen (secondary N) is 1. The summed E-state index contributed by atoms with van der Waals surface area (Å²) in [6.45, 7) is 4.17. The molecule has 1 amide bonds. The van der Waals surface area contributed by atoms with Crippen molar-refractivity contribution in [1.29, 1.82) is 0 Å². The maximum Gasteiger partial charge on any atom is 0.230 e. The predicted molar refractivity (Wildman–Crippen MR) is 110 cm³/mol. The van der Waals surface area contributed by atoms with Crippen molar-refractivity contribution < 1.29 is 4.79 Å². The summed E-state index contributed by atoms with van der Waals surface area (Å²) in [5.74, 6) is 1.11. The molecule has 0 saturated heterocycles. The van der Waals surface area contributed by atoms with Crippen LogP contribution >= 0.6 is 11.8 Å². The highest BCUT2D eigenvalue weighted by Gasteiger charge is 2.17. The Morgan fingerprint density at radius 1 is 1.00 bits per heavy atom. The van der Waals surface area contributed by atoms with Gasteiger partial charge in [-0.1, -0.05) is 74.1 Å². The summed E-state index contributed by atoms with van der Waals surface area (Å²) in [5, 5.41) is 12.5. The Kier molecular flexibility index (Phi) is 6.65. The number of carbonyl (C=O) groups excluding carboxylic acids is 1. The number of thioether (sulfide) groups is 1. The van der Waals surface area contributed by atoms with Crippen LogP contribution in [0.2, 0.25) is 0 Å². The third-order valence-corrected chi connectivity index (χ3v) is 5.29. The number of nitrogens with zero attached hydrogens (tertiary/aromatic N) is 3. The van der Waals surface area contributed by atoms with E-state index >= 15 is 0 Å². The van der Waals surface area contributed by atoms with Crippen LogP contribution in [-0.4, -0.2) is 32.5 Å². The van der Waals surface area contributed by atoms with Crippen molar-refractivity contribution in [1.82, 2.24) is 20.1 Å². The standard InChI is InChI=1S/C21H24N4OS/c1-3-17(4-2)22-19(26)15-27-21-24-23-20(16-11-7-5-8-12-16)25(21)18-13-9-6-10-14-18/h5-14,17H,3-4,15H2,1-2H3,(H,22,26). The van der Waals surface area contributed by atoms with Crippen molar-refractivity contribution in [3.8, 4) is 17.1 Å². The Hall–Kier alpha value is -2.60. The van der Waals surface area contributed by atoms with E-state index in [-0.39, 0.29) is 11.9 Å². The van der Waals surface area contributed by atoms with E-state index in [0.717, 1.165) is 29.9 Å². The van der Waals surface area contributed by atoms with Crippen LogP contribution in [0.4, 0.5) is 0 Å². The van der Waals surface area contributed by atoms with E-state index in [4.69, 9.17) is 0 Å². The van der Waals surface area contributed by atoms with Crippen LogP contribution in [0.15, 0.2) is 65.8 Å². The SMILES string of the molecule is CCC(CC)NC(=O)CSc1nnc(-c2ccccc2)n1-c1ccccc1. The Balaban J connectivity index is 1.85. The first-order valence-corrected chi connectivity index (χ1v) is 10.2. The van der Waals surface area contributed by atoms with Crippen LogP contribution in [0.3, 0.4) is 0 Å². The predicted octanol–water partition coefficient (Wildman–Crippen LogP) is 4.33. The second-order valence-corrected chi connectivity index (χ2v) is 7.16. The van der Waals surface area contributed by atoms with E-state index in [2.05, 4.69) is 29.4 Å². The molecular weight excluding hydrogens is 356 g/mol. The van der Waals surface area contributed by atoms with Gasteiger partial charge in [-0.15, -0.1) is 10.2 Å². The summed E-state index contributed by atoms with van der Waals surface area (Å²) in [6.07, 6.45) is 1.87. The van der Waals surface area contributed by atoms with Crippen molar-refractivity contribution in [3.05, 3.63) is 60.7 Å². The summed E-state index contributed by atoms with van der Waals surface area (Å²) >= 11 is 1.41. The molecule has 0 aliphatic carbocycles. The molecule has 2 aromatic carbocycles. The van der Waals surface area contributed by atoms with Crippen LogP contribution < -0.4 is 5.32 Å². The largest absolute Gasteiger partial charge is 0.353 e. The number of hydrogen-bond donors (Lipinski definition) is 1. The smallest absolute Gasteiger partial charge is 0.230 e. The number of rotatable bonds is 8. The summed E-state index contributed by atoms with van der Waals surface area (Å²) < 4.78 is 2.00. The van der Waals surface area contributed by atoms with E-state index in [1.165, 1.54) is 11.8 Å². The molecule has 0 saturated carbocycles. The minimum Gasteiger partial charge on any atom is -0.353 e. The second-order valence-electron chi connectivity index (χ2n) is 6.21. The van der Waals surface area contributed by atoms with Gasteiger partial charge >= 0.3 is 0 Å². The molecule has 0 aliphatic rings. The number of benzene rings is 2. The Bertz CT molecular complexity index is 860. The van der Waals surface area contributed by atoms with E-state index in [9.17, 15) is 4.79 Å². The number of amides is 1. The van der Waals surface area contributed by atoms with Crippen LogP contribution in [0.1, 0.15) is 26.7 Å². The number of carbonyl (C=O) groups is 1. The van der Waals surface area contributed by atoms with Gasteiger partial charge in [0.1, 0.15) is 0 Å². The Morgan fingerprint density at radius 3 is 2.26 bits per heavy atom. The van der Waals surface area contributed by atoms with Gasteiger partial charge in [0, 0.05) is 17.3 Å². The molecular formula is C21H24N4OS. The van der Waals surface area contributed by atoms with Gasteiger partial charge in [-0.05, 0) is 25.0 Å². The lowest BCUT2D eigenvalue weighted by molar-refractivity contribution is -0.119. The summed E-state index contributed by atoms with van der Waals surface area (Å²) in [6, 6.07) is 20.2. The van der Waals surface area contributed by atoms with Crippen LogP contribution in [0.25, 0.3) is 17.1 Å². The molecule has 6 heteroatoms. The quantitative estimate of drug-likeness (QED) is 0.591. The lowest BCUT2D eigenvalue weighted by Crippen LogP contribution is -2.35. The van der Waals surface area contributed by atoms with Gasteiger partial charge in [0.2, 0.25) is 5.91 Å². The molecule has 0 unspecified atom stereocenters. The van der Waals surface area contributed by atoms with Crippen LogP contribution in [0, 0.1) is 0 Å². The zero-order valence-corrected chi connectivity index (χ0v) is 16.4. The topological polar surface area (TPSA) is 59.8 Å². The monoisotopic (exact) mass is 380 g/mol. The normalized spacial score (nSPS) is 10.9. The highest BCUT2D eigenvalue weighted by Crippen LogP contribution is 2.27. The molecule has 0 bridgehead atoms. The molecule has 1 aromatic heterocycles. The summed E-state index contributed by atoms with van der Waals surface area (Å²) in [7, 11) is 0. The maximum absolute atomic E-state index is 12.3. The van der Waals surface area contributed by atoms with E-state index in [1.54, 1.807) is 0 Å². The fourth-order valence-electron chi connectivity index (χ4n) is 2.84. The van der Waals surface area contributed by atoms with E-state index in [1.807, 2.05) is 65.2 Å². The van der Waals surface area contributed by atoms with Crippen molar-refractivity contribution >= 4 is 17.7 Å². The molecule has 0 aliphatic heterocycles. The van der Waals surface area contributed by atoms with Gasteiger partial charge in [-0.3, -0.25) is 9.36 Å². The van der Waals surface area contributed by atoms with E-state index < -0.39 is 0 Å². The van der Waals surface area contributed by atoms with Gasteiger partial charge in [-0.2, -0.15) is 0 Å². The Morgan fingerprint density at radius 2 is 1.63 bits per heavy atom. The van der Waals surface area contributed by atoms with Gasteiger partial charge in [0.05, 0.1) is 5.75 Å². The molecule has 0 radical (unpaired) electrons. The maximum atomic E-state index is 12.3. The third-order valence-electron chi connectivity index (χ3n) is 4.36. The fourth-order valence-corrected chi connectivity index (χ4v) is 3.60. The summed E-state index contributed by atoms with van der Waals surface area (Å²) in [5.41, 5.74) is 1.96. The van der Waals surface area contributed by atoms with Crippen molar-refractivity contribution in [3.63, 3.8) is 0 Å². The molecule has 0 atom stereocenters. The van der Waals surface area contributed by atoms with Gasteiger partial charge in [0.25, 0.3) is 0 Å². The number of hydrogen-bond acceptors (Lipinski definition) is 4. The molecule has 1 heterocycles. The highest BCUT2D eigenvalue weighted by atomic mass is 32.2. The van der Waals surface area contributed by atoms with Gasteiger partial charge < -0.3 is 5.32 Å². The molecule has 0 fully saturated rings. The van der Waals surface area contributed by atoms with Gasteiger partial charge in [-0.25, -0.2) is 0 Å². The lowest BCUT2D eigenvalue weighted by atomic mass is 10.2. The number of para-hydroxylation sites is 1. The Labute approximate surface area is 164 Å². The van der Waals surface area contributed by atoms with Crippen LogP contribution in [0.5, 0.6) is 0 Å². The van der Waals surface area contributed by atoms with Crippen molar-refractivity contribution in [2.45, 2.75) is 37.9 Å². The van der Waals surface area contributed by atoms with E-state index in [0.29, 0.717) is 10.9 Å². The zero-order valence-electron chi connectivity index (χ0n) is 15.6. The molecule has 5 nitrogen and oxygen atoms in total. The molecule has 3 rings (SSSR count). The van der Waals surface area contributed by atoms with Gasteiger partial charge in [0.15, 0.2) is 11.0 Å². The zero-order chi connectivity index (χ0) is 19.1. The fraction of sp³-hybridized carbons (Fsp3) is 0.286. The second kappa shape index (κ2) is 9.37. The first kappa shape index (κ1) is 19.2. The minimum absolute atomic E-state index is 0.0255.